The molecule has 2 aromatic carbocycles. The third kappa shape index (κ3) is 6.74. The third-order valence-corrected chi connectivity index (χ3v) is 4.93. The molecule has 8 nitrogen and oxygen atoms in total. The van der Waals surface area contributed by atoms with E-state index in [1.165, 1.54) is 30.3 Å². The van der Waals surface area contributed by atoms with Crippen molar-refractivity contribution in [1.82, 2.24) is 15.5 Å². The Kier molecular flexibility index (Phi) is 7.94. The van der Waals surface area contributed by atoms with Gasteiger partial charge in [-0.05, 0) is 41.5 Å². The summed E-state index contributed by atoms with van der Waals surface area (Å²) in [5, 5.41) is 24.7. The SMILES string of the molecule is O=C(N[C@@H](CO)C(=O)NCc1ccc(F)cc1)c1cc(O)cc(CN2CCOCC2)c1. The Morgan fingerprint density at radius 2 is 1.81 bits per heavy atom. The van der Waals surface area contributed by atoms with Gasteiger partial charge >= 0.3 is 0 Å². The van der Waals surface area contributed by atoms with E-state index in [4.69, 9.17) is 4.74 Å². The summed E-state index contributed by atoms with van der Waals surface area (Å²) >= 11 is 0. The second kappa shape index (κ2) is 10.9. The Hall–Kier alpha value is -3.01. The smallest absolute Gasteiger partial charge is 0.252 e. The molecule has 4 N–H and O–H groups in total. The number of aliphatic hydroxyl groups excluding tert-OH is 1. The van der Waals surface area contributed by atoms with Gasteiger partial charge in [-0.25, -0.2) is 4.39 Å². The molecule has 3 rings (SSSR count). The fourth-order valence-electron chi connectivity index (χ4n) is 3.26. The minimum Gasteiger partial charge on any atom is -0.508 e. The number of morpholine rings is 1. The zero-order valence-electron chi connectivity index (χ0n) is 17.0. The summed E-state index contributed by atoms with van der Waals surface area (Å²) in [6.07, 6.45) is 0. The minimum atomic E-state index is -1.17. The molecule has 0 aromatic heterocycles. The first-order chi connectivity index (χ1) is 14.9. The molecule has 1 fully saturated rings. The van der Waals surface area contributed by atoms with Gasteiger partial charge in [0.05, 0.1) is 19.8 Å². The topological polar surface area (TPSA) is 111 Å². The Bertz CT molecular complexity index is 901. The lowest BCUT2D eigenvalue weighted by molar-refractivity contribution is -0.124. The number of amides is 2. The Labute approximate surface area is 179 Å². The largest absolute Gasteiger partial charge is 0.508 e. The fraction of sp³-hybridized carbons (Fsp3) is 0.364. The number of phenolic OH excluding ortho intramolecular Hbond substituents is 1. The highest BCUT2D eigenvalue weighted by Gasteiger charge is 2.21. The molecule has 0 bridgehead atoms. The van der Waals surface area contributed by atoms with E-state index in [9.17, 15) is 24.2 Å². The molecule has 1 atom stereocenters. The highest BCUT2D eigenvalue weighted by atomic mass is 19.1. The molecule has 31 heavy (non-hydrogen) atoms. The zero-order valence-corrected chi connectivity index (χ0v) is 17.0. The predicted molar refractivity (Wildman–Crippen MR) is 111 cm³/mol. The molecule has 0 saturated carbocycles. The molecule has 1 aliphatic heterocycles. The van der Waals surface area contributed by atoms with Crippen molar-refractivity contribution in [2.24, 2.45) is 0 Å². The number of aliphatic hydroxyl groups is 1. The van der Waals surface area contributed by atoms with Gasteiger partial charge in [0.2, 0.25) is 5.91 Å². The van der Waals surface area contributed by atoms with Crippen molar-refractivity contribution in [3.8, 4) is 5.75 Å². The number of ether oxygens (including phenoxy) is 1. The highest BCUT2D eigenvalue weighted by molar-refractivity contribution is 5.98. The first kappa shape index (κ1) is 22.7. The van der Waals surface area contributed by atoms with Gasteiger partial charge < -0.3 is 25.6 Å². The summed E-state index contributed by atoms with van der Waals surface area (Å²) < 4.78 is 18.3. The van der Waals surface area contributed by atoms with Gasteiger partial charge in [0.15, 0.2) is 0 Å². The van der Waals surface area contributed by atoms with Crippen LogP contribution in [0.3, 0.4) is 0 Å². The van der Waals surface area contributed by atoms with E-state index >= 15 is 0 Å². The Morgan fingerprint density at radius 1 is 1.10 bits per heavy atom. The number of carbonyl (C=O) groups is 2. The number of nitrogens with one attached hydrogen (secondary N) is 2. The number of benzene rings is 2. The standard InChI is InChI=1S/C22H26FN3O5/c23-18-3-1-15(2-4-18)12-24-22(30)20(14-27)25-21(29)17-9-16(10-19(28)11-17)13-26-5-7-31-8-6-26/h1-4,9-11,20,27-28H,5-8,12-14H2,(H,24,30)(H,25,29)/t20-/m0/s1. The van der Waals surface area contributed by atoms with E-state index in [1.807, 2.05) is 0 Å². The van der Waals surface area contributed by atoms with E-state index in [0.717, 1.165) is 18.7 Å². The van der Waals surface area contributed by atoms with Crippen molar-refractivity contribution >= 4 is 11.8 Å². The van der Waals surface area contributed by atoms with Crippen molar-refractivity contribution in [3.05, 3.63) is 65.0 Å². The van der Waals surface area contributed by atoms with Crippen molar-refractivity contribution in [1.29, 1.82) is 0 Å². The molecule has 0 aliphatic carbocycles. The van der Waals surface area contributed by atoms with Crippen LogP contribution >= 0.6 is 0 Å². The molecule has 2 amide bonds. The Balaban J connectivity index is 1.60. The van der Waals surface area contributed by atoms with Gasteiger partial charge in [-0.3, -0.25) is 14.5 Å². The van der Waals surface area contributed by atoms with E-state index < -0.39 is 24.5 Å². The Morgan fingerprint density at radius 3 is 2.48 bits per heavy atom. The zero-order chi connectivity index (χ0) is 22.2. The molecule has 0 spiro atoms. The number of aromatic hydroxyl groups is 1. The number of hydrogen-bond acceptors (Lipinski definition) is 6. The first-order valence-corrected chi connectivity index (χ1v) is 10.0. The van der Waals surface area contributed by atoms with Crippen molar-refractivity contribution < 1.29 is 28.9 Å². The number of nitrogens with zero attached hydrogens (tertiary/aromatic N) is 1. The minimum absolute atomic E-state index is 0.0581. The van der Waals surface area contributed by atoms with Crippen LogP contribution < -0.4 is 10.6 Å². The average Bonchev–Trinajstić information content (AvgIpc) is 2.77. The van der Waals surface area contributed by atoms with Gasteiger partial charge in [-0.15, -0.1) is 0 Å². The molecule has 1 aliphatic rings. The molecule has 1 heterocycles. The number of halogens is 1. The summed E-state index contributed by atoms with van der Waals surface area (Å²) in [5.74, 6) is -1.60. The molecule has 1 saturated heterocycles. The van der Waals surface area contributed by atoms with E-state index in [2.05, 4.69) is 15.5 Å². The summed E-state index contributed by atoms with van der Waals surface area (Å²) in [4.78, 5) is 27.1. The molecule has 0 radical (unpaired) electrons. The van der Waals surface area contributed by atoms with Crippen LogP contribution in [0, 0.1) is 5.82 Å². The fourth-order valence-corrected chi connectivity index (χ4v) is 3.26. The van der Waals surface area contributed by atoms with Crippen LogP contribution in [0.4, 0.5) is 4.39 Å². The first-order valence-electron chi connectivity index (χ1n) is 10.0. The lowest BCUT2D eigenvalue weighted by atomic mass is 10.1. The summed E-state index contributed by atoms with van der Waals surface area (Å²) in [6.45, 7) is 2.88. The van der Waals surface area contributed by atoms with Crippen LogP contribution in [-0.2, 0) is 22.6 Å². The normalized spacial score (nSPS) is 15.3. The lowest BCUT2D eigenvalue weighted by Crippen LogP contribution is -2.48. The number of hydrogen-bond donors (Lipinski definition) is 4. The van der Waals surface area contributed by atoms with E-state index in [1.54, 1.807) is 12.1 Å². The molecule has 166 valence electrons. The van der Waals surface area contributed by atoms with Crippen LogP contribution in [0.2, 0.25) is 0 Å². The van der Waals surface area contributed by atoms with Crippen LogP contribution in [-0.4, -0.2) is 65.9 Å². The number of carbonyl (C=O) groups excluding carboxylic acids is 2. The maximum atomic E-state index is 13.0. The van der Waals surface area contributed by atoms with Gasteiger partial charge in [0, 0.05) is 31.7 Å². The second-order valence-corrected chi connectivity index (χ2v) is 7.33. The van der Waals surface area contributed by atoms with Crippen molar-refractivity contribution in [3.63, 3.8) is 0 Å². The van der Waals surface area contributed by atoms with Crippen LogP contribution in [0.5, 0.6) is 5.75 Å². The average molecular weight is 431 g/mol. The molecular formula is C22H26FN3O5. The van der Waals surface area contributed by atoms with Gasteiger partial charge in [-0.2, -0.15) is 0 Å². The van der Waals surface area contributed by atoms with Gasteiger partial charge in [-0.1, -0.05) is 12.1 Å². The molecule has 9 heteroatoms. The van der Waals surface area contributed by atoms with E-state index in [-0.39, 0.29) is 23.7 Å². The number of rotatable bonds is 8. The van der Waals surface area contributed by atoms with Gasteiger partial charge in [0.1, 0.15) is 17.6 Å². The monoisotopic (exact) mass is 431 g/mol. The predicted octanol–water partition coefficient (Wildman–Crippen LogP) is 0.771. The van der Waals surface area contributed by atoms with Crippen LogP contribution in [0.15, 0.2) is 42.5 Å². The maximum absolute atomic E-state index is 13.0. The molecule has 0 unspecified atom stereocenters. The second-order valence-electron chi connectivity index (χ2n) is 7.33. The maximum Gasteiger partial charge on any atom is 0.252 e. The van der Waals surface area contributed by atoms with Gasteiger partial charge in [0.25, 0.3) is 5.91 Å². The van der Waals surface area contributed by atoms with E-state index in [0.29, 0.717) is 25.3 Å². The summed E-state index contributed by atoms with van der Waals surface area (Å²) in [7, 11) is 0. The van der Waals surface area contributed by atoms with Crippen LogP contribution in [0.1, 0.15) is 21.5 Å². The van der Waals surface area contributed by atoms with Crippen molar-refractivity contribution in [2.75, 3.05) is 32.9 Å². The third-order valence-electron chi connectivity index (χ3n) is 4.93. The molecule has 2 aromatic rings. The summed E-state index contributed by atoms with van der Waals surface area (Å²) in [5.41, 5.74) is 1.62. The molecular weight excluding hydrogens is 405 g/mol. The quantitative estimate of drug-likeness (QED) is 0.492. The highest BCUT2D eigenvalue weighted by Crippen LogP contribution is 2.18. The summed E-state index contributed by atoms with van der Waals surface area (Å²) in [6, 6.07) is 9.00. The number of phenols is 1. The van der Waals surface area contributed by atoms with Crippen molar-refractivity contribution in [2.45, 2.75) is 19.1 Å². The van der Waals surface area contributed by atoms with Crippen LogP contribution in [0.25, 0.3) is 0 Å². The lowest BCUT2D eigenvalue weighted by Gasteiger charge is -2.26.